The first-order chi connectivity index (χ1) is 11.9. The van der Waals surface area contributed by atoms with E-state index in [-0.39, 0.29) is 5.60 Å². The number of ether oxygens (including phenoxy) is 1. The molecule has 0 aliphatic heterocycles. The van der Waals surface area contributed by atoms with Gasteiger partial charge in [0.05, 0.1) is 0 Å². The summed E-state index contributed by atoms with van der Waals surface area (Å²) in [5.74, 6) is 1.05. The second-order valence-corrected chi connectivity index (χ2v) is 7.17. The first-order valence-corrected chi connectivity index (χ1v) is 9.47. The Morgan fingerprint density at radius 2 is 1.76 bits per heavy atom. The highest BCUT2D eigenvalue weighted by molar-refractivity contribution is 5.43. The average Bonchev–Trinajstić information content (AvgIpc) is 2.57. The number of likely N-dealkylation sites (N-methyl/N-ethyl adjacent to an activating group) is 1. The highest BCUT2D eigenvalue weighted by atomic mass is 16.5. The summed E-state index contributed by atoms with van der Waals surface area (Å²) in [5, 5.41) is 3.41. The molecule has 0 aliphatic rings. The molecule has 0 saturated carbocycles. The van der Waals surface area contributed by atoms with Gasteiger partial charge in [0.2, 0.25) is 0 Å². The Kier molecular flexibility index (Phi) is 6.66. The van der Waals surface area contributed by atoms with Gasteiger partial charge in [-0.3, -0.25) is 0 Å². The third-order valence-corrected chi connectivity index (χ3v) is 5.07. The summed E-state index contributed by atoms with van der Waals surface area (Å²) in [5.41, 5.74) is 6.04. The van der Waals surface area contributed by atoms with E-state index in [0.717, 1.165) is 31.7 Å². The molecular weight excluding hydrogens is 306 g/mol. The van der Waals surface area contributed by atoms with Gasteiger partial charge in [-0.1, -0.05) is 55.8 Å². The number of benzene rings is 2. The minimum atomic E-state index is -0.323. The van der Waals surface area contributed by atoms with E-state index in [9.17, 15) is 0 Å². The number of rotatable bonds is 8. The number of nitrogens with one attached hydrogen (secondary N) is 1. The van der Waals surface area contributed by atoms with Gasteiger partial charge >= 0.3 is 0 Å². The van der Waals surface area contributed by atoms with Crippen molar-refractivity contribution in [2.24, 2.45) is 0 Å². The molecule has 1 N–H and O–H groups in total. The minimum Gasteiger partial charge on any atom is -0.482 e. The first-order valence-electron chi connectivity index (χ1n) is 9.47. The van der Waals surface area contributed by atoms with Crippen LogP contribution in [0.5, 0.6) is 5.75 Å². The minimum absolute atomic E-state index is 0.323. The number of hydrogen-bond acceptors (Lipinski definition) is 2. The van der Waals surface area contributed by atoms with Gasteiger partial charge in [-0.15, -0.1) is 0 Å². The molecule has 2 aromatic carbocycles. The van der Waals surface area contributed by atoms with E-state index in [0.29, 0.717) is 0 Å². The van der Waals surface area contributed by atoms with E-state index >= 15 is 0 Å². The van der Waals surface area contributed by atoms with Crippen LogP contribution in [-0.2, 0) is 12.0 Å². The van der Waals surface area contributed by atoms with Gasteiger partial charge in [0.1, 0.15) is 11.4 Å². The van der Waals surface area contributed by atoms with Gasteiger partial charge in [0, 0.05) is 0 Å². The van der Waals surface area contributed by atoms with Crippen molar-refractivity contribution in [1.82, 2.24) is 5.32 Å². The predicted molar refractivity (Wildman–Crippen MR) is 108 cm³/mol. The third-order valence-electron chi connectivity index (χ3n) is 5.07. The maximum Gasteiger partial charge on any atom is 0.131 e. The molecule has 1 unspecified atom stereocenters. The second kappa shape index (κ2) is 8.53. The summed E-state index contributed by atoms with van der Waals surface area (Å²) < 4.78 is 6.72. The van der Waals surface area contributed by atoms with Crippen LogP contribution in [0.4, 0.5) is 0 Å². The molecule has 0 aliphatic carbocycles. The number of para-hydroxylation sites is 1. The summed E-state index contributed by atoms with van der Waals surface area (Å²) in [6.07, 6.45) is 1.91. The molecule has 0 radical (unpaired) electrons. The Bertz CT molecular complexity index is 707. The molecule has 0 amide bonds. The van der Waals surface area contributed by atoms with Gasteiger partial charge < -0.3 is 10.1 Å². The van der Waals surface area contributed by atoms with Crippen LogP contribution < -0.4 is 10.1 Å². The molecule has 1 atom stereocenters. The van der Waals surface area contributed by atoms with Gasteiger partial charge in [-0.05, 0) is 75.9 Å². The van der Waals surface area contributed by atoms with Crippen molar-refractivity contribution in [2.45, 2.75) is 60.0 Å². The lowest BCUT2D eigenvalue weighted by Crippen LogP contribution is -2.30. The van der Waals surface area contributed by atoms with Crippen LogP contribution in [0.25, 0.3) is 0 Å². The lowest BCUT2D eigenvalue weighted by molar-refractivity contribution is 0.0797. The highest BCUT2D eigenvalue weighted by Gasteiger charge is 2.29. The van der Waals surface area contributed by atoms with Crippen molar-refractivity contribution >= 4 is 0 Å². The Balaban J connectivity index is 2.37. The van der Waals surface area contributed by atoms with E-state index in [1.54, 1.807) is 0 Å². The number of hydrogen-bond donors (Lipinski definition) is 1. The fraction of sp³-hybridized carbons (Fsp3) is 0.478. The first kappa shape index (κ1) is 19.5. The monoisotopic (exact) mass is 339 g/mol. The van der Waals surface area contributed by atoms with E-state index in [2.05, 4.69) is 83.3 Å². The summed E-state index contributed by atoms with van der Waals surface area (Å²) in [7, 11) is 0. The zero-order valence-corrected chi connectivity index (χ0v) is 16.7. The van der Waals surface area contributed by atoms with Crippen LogP contribution in [0.15, 0.2) is 36.4 Å². The lowest BCUT2D eigenvalue weighted by atomic mass is 9.88. The molecule has 2 aromatic rings. The molecular formula is C23H33NO. The maximum absolute atomic E-state index is 6.72. The summed E-state index contributed by atoms with van der Waals surface area (Å²) in [4.78, 5) is 0. The van der Waals surface area contributed by atoms with Gasteiger partial charge in [-0.2, -0.15) is 0 Å². The number of aryl methyl sites for hydroxylation is 3. The fourth-order valence-corrected chi connectivity index (χ4v) is 3.41. The van der Waals surface area contributed by atoms with Crippen molar-refractivity contribution < 1.29 is 4.74 Å². The normalized spacial score (nSPS) is 13.5. The van der Waals surface area contributed by atoms with Crippen LogP contribution in [0.2, 0.25) is 0 Å². The zero-order valence-electron chi connectivity index (χ0n) is 16.7. The Morgan fingerprint density at radius 3 is 2.40 bits per heavy atom. The fourth-order valence-electron chi connectivity index (χ4n) is 3.41. The molecule has 0 bridgehead atoms. The van der Waals surface area contributed by atoms with Crippen LogP contribution in [0, 0.1) is 20.8 Å². The molecule has 2 rings (SSSR count). The Labute approximate surface area is 153 Å². The third kappa shape index (κ3) is 4.64. The molecule has 0 spiro atoms. The quantitative estimate of drug-likeness (QED) is 0.644. The highest BCUT2D eigenvalue weighted by Crippen LogP contribution is 2.36. The van der Waals surface area contributed by atoms with E-state index in [4.69, 9.17) is 4.74 Å². The summed E-state index contributed by atoms with van der Waals surface area (Å²) in [6.45, 7) is 15.0. The van der Waals surface area contributed by atoms with Crippen molar-refractivity contribution in [3.8, 4) is 5.75 Å². The standard InChI is InChI=1S/C23H33NO/c1-7-23(6,21-13-12-17(3)16-19(21)5)25-22-18(4)10-9-11-20(22)14-15-24-8-2/h9-13,16,24H,7-8,14-15H2,1-6H3. The molecule has 136 valence electrons. The van der Waals surface area contributed by atoms with Crippen LogP contribution in [0.3, 0.4) is 0 Å². The van der Waals surface area contributed by atoms with Crippen molar-refractivity contribution in [1.29, 1.82) is 0 Å². The lowest BCUT2D eigenvalue weighted by Gasteiger charge is -2.33. The SMILES string of the molecule is CCNCCc1cccc(C)c1OC(C)(CC)c1ccc(C)cc1C. The molecule has 2 heteroatoms. The maximum atomic E-state index is 6.72. The van der Waals surface area contributed by atoms with Gasteiger partial charge in [0.25, 0.3) is 0 Å². The average molecular weight is 340 g/mol. The molecule has 2 nitrogen and oxygen atoms in total. The topological polar surface area (TPSA) is 21.3 Å². The Morgan fingerprint density at radius 1 is 1.00 bits per heavy atom. The van der Waals surface area contributed by atoms with E-state index in [1.165, 1.54) is 27.8 Å². The van der Waals surface area contributed by atoms with E-state index in [1.807, 2.05) is 0 Å². The van der Waals surface area contributed by atoms with Crippen molar-refractivity contribution in [3.63, 3.8) is 0 Å². The predicted octanol–water partition coefficient (Wildman–Crippen LogP) is 5.47. The van der Waals surface area contributed by atoms with Crippen LogP contribution >= 0.6 is 0 Å². The Hall–Kier alpha value is -1.80. The largest absolute Gasteiger partial charge is 0.482 e. The molecule has 0 aromatic heterocycles. The van der Waals surface area contributed by atoms with Gasteiger partial charge in [-0.25, -0.2) is 0 Å². The zero-order chi connectivity index (χ0) is 18.4. The molecule has 0 fully saturated rings. The second-order valence-electron chi connectivity index (χ2n) is 7.17. The van der Waals surface area contributed by atoms with Crippen molar-refractivity contribution in [2.75, 3.05) is 13.1 Å². The van der Waals surface area contributed by atoms with E-state index < -0.39 is 0 Å². The smallest absolute Gasteiger partial charge is 0.131 e. The van der Waals surface area contributed by atoms with Crippen LogP contribution in [0.1, 0.15) is 55.0 Å². The molecule has 0 heterocycles. The summed E-state index contributed by atoms with van der Waals surface area (Å²) in [6, 6.07) is 13.1. The molecule has 0 saturated heterocycles. The van der Waals surface area contributed by atoms with Crippen LogP contribution in [-0.4, -0.2) is 13.1 Å². The molecule has 25 heavy (non-hydrogen) atoms. The van der Waals surface area contributed by atoms with Gasteiger partial charge in [0.15, 0.2) is 0 Å². The van der Waals surface area contributed by atoms with Crippen molar-refractivity contribution in [3.05, 3.63) is 64.2 Å². The summed E-state index contributed by atoms with van der Waals surface area (Å²) >= 11 is 0.